The summed E-state index contributed by atoms with van der Waals surface area (Å²) in [4.78, 5) is 18.2. The normalized spacial score (nSPS) is 14.3. The number of nitrogens with one attached hydrogen (secondary N) is 1. The number of rotatable bonds is 5. The molecule has 9 heteroatoms. The van der Waals surface area contributed by atoms with Gasteiger partial charge in [-0.1, -0.05) is 0 Å². The number of carbonyl (C=O) groups excluding carboxylic acids is 1. The molecule has 0 fully saturated rings. The molecule has 150 valence electrons. The standard InChI is InChI=1S/C20H20F2N6O/c21-16-9-14(10-17(22)11-16)13-27-6-3-18-25-26-19(28(18)8-7-27)12-24-20(29)15-1-4-23-5-2-15/h1-2,4-5,9-11H,3,6-8,12-13H2,(H,24,29). The van der Waals surface area contributed by atoms with Crippen molar-refractivity contribution >= 4 is 5.91 Å². The minimum absolute atomic E-state index is 0.201. The molecule has 0 aliphatic carbocycles. The lowest BCUT2D eigenvalue weighted by molar-refractivity contribution is 0.0949. The zero-order valence-electron chi connectivity index (χ0n) is 15.7. The summed E-state index contributed by atoms with van der Waals surface area (Å²) in [5.74, 6) is 0.179. The van der Waals surface area contributed by atoms with Gasteiger partial charge in [0.15, 0.2) is 5.82 Å². The predicted octanol–water partition coefficient (Wildman–Crippen LogP) is 1.94. The van der Waals surface area contributed by atoms with Crippen LogP contribution in [-0.2, 0) is 26.1 Å². The van der Waals surface area contributed by atoms with E-state index in [2.05, 4.69) is 25.4 Å². The molecular weight excluding hydrogens is 378 g/mol. The van der Waals surface area contributed by atoms with Gasteiger partial charge >= 0.3 is 0 Å². The SMILES string of the molecule is O=C(NCc1nnc2n1CCN(Cc1cc(F)cc(F)c1)CC2)c1ccncc1. The van der Waals surface area contributed by atoms with E-state index in [4.69, 9.17) is 0 Å². The molecular formula is C20H20F2N6O. The van der Waals surface area contributed by atoms with Crippen LogP contribution >= 0.6 is 0 Å². The molecule has 0 spiro atoms. The number of amides is 1. The Morgan fingerprint density at radius 2 is 1.79 bits per heavy atom. The van der Waals surface area contributed by atoms with Gasteiger partial charge in [0.05, 0.1) is 6.54 Å². The number of fused-ring (bicyclic) bond motifs is 1. The van der Waals surface area contributed by atoms with Crippen LogP contribution in [0.3, 0.4) is 0 Å². The number of pyridine rings is 1. The molecule has 4 rings (SSSR count). The van der Waals surface area contributed by atoms with Gasteiger partial charge in [-0.05, 0) is 29.8 Å². The van der Waals surface area contributed by atoms with Gasteiger partial charge < -0.3 is 9.88 Å². The highest BCUT2D eigenvalue weighted by molar-refractivity contribution is 5.93. The molecule has 3 heterocycles. The van der Waals surface area contributed by atoms with Gasteiger partial charge in [0.25, 0.3) is 5.91 Å². The number of hydrogen-bond acceptors (Lipinski definition) is 5. The summed E-state index contributed by atoms with van der Waals surface area (Å²) in [6.45, 7) is 2.76. The summed E-state index contributed by atoms with van der Waals surface area (Å²) < 4.78 is 28.9. The van der Waals surface area contributed by atoms with Gasteiger partial charge in [0.2, 0.25) is 0 Å². The van der Waals surface area contributed by atoms with Crippen LogP contribution in [0.5, 0.6) is 0 Å². The van der Waals surface area contributed by atoms with E-state index in [0.29, 0.717) is 49.6 Å². The number of benzene rings is 1. The maximum absolute atomic E-state index is 13.4. The molecule has 3 aromatic rings. The van der Waals surface area contributed by atoms with Gasteiger partial charge in [-0.3, -0.25) is 14.7 Å². The minimum atomic E-state index is -0.570. The topological polar surface area (TPSA) is 75.9 Å². The van der Waals surface area contributed by atoms with Crippen molar-refractivity contribution in [2.75, 3.05) is 13.1 Å². The molecule has 2 aromatic heterocycles. The second-order valence-corrected chi connectivity index (χ2v) is 6.91. The molecule has 1 amide bonds. The summed E-state index contributed by atoms with van der Waals surface area (Å²) in [7, 11) is 0. The van der Waals surface area contributed by atoms with Crippen LogP contribution in [0.1, 0.15) is 27.6 Å². The first-order chi connectivity index (χ1) is 14.1. The average molecular weight is 398 g/mol. The second-order valence-electron chi connectivity index (χ2n) is 6.91. The molecule has 1 aromatic carbocycles. The summed E-state index contributed by atoms with van der Waals surface area (Å²) >= 11 is 0. The van der Waals surface area contributed by atoms with Crippen molar-refractivity contribution in [2.45, 2.75) is 26.1 Å². The molecule has 0 atom stereocenters. The Bertz CT molecular complexity index is 987. The lowest BCUT2D eigenvalue weighted by Crippen LogP contribution is -2.28. The Balaban J connectivity index is 1.38. The fraction of sp³-hybridized carbons (Fsp3) is 0.300. The zero-order valence-corrected chi connectivity index (χ0v) is 15.7. The summed E-state index contributed by atoms with van der Waals surface area (Å²) in [6, 6.07) is 6.88. The van der Waals surface area contributed by atoms with E-state index in [9.17, 15) is 13.6 Å². The van der Waals surface area contributed by atoms with Crippen LogP contribution in [0.2, 0.25) is 0 Å². The van der Waals surface area contributed by atoms with Crippen molar-refractivity contribution in [3.63, 3.8) is 0 Å². The van der Waals surface area contributed by atoms with Gasteiger partial charge in [-0.15, -0.1) is 10.2 Å². The number of nitrogens with zero attached hydrogens (tertiary/aromatic N) is 5. The number of aromatic nitrogens is 4. The first-order valence-electron chi connectivity index (χ1n) is 9.35. The smallest absolute Gasteiger partial charge is 0.251 e. The summed E-state index contributed by atoms with van der Waals surface area (Å²) in [5.41, 5.74) is 1.13. The van der Waals surface area contributed by atoms with E-state index >= 15 is 0 Å². The van der Waals surface area contributed by atoms with Crippen molar-refractivity contribution < 1.29 is 13.6 Å². The van der Waals surface area contributed by atoms with Crippen molar-refractivity contribution in [3.8, 4) is 0 Å². The molecule has 0 saturated carbocycles. The van der Waals surface area contributed by atoms with E-state index in [1.807, 2.05) is 4.57 Å². The first-order valence-corrected chi connectivity index (χ1v) is 9.35. The van der Waals surface area contributed by atoms with Crippen LogP contribution in [0, 0.1) is 11.6 Å². The van der Waals surface area contributed by atoms with E-state index < -0.39 is 11.6 Å². The number of carbonyl (C=O) groups is 1. The second kappa shape index (κ2) is 8.44. The lowest BCUT2D eigenvalue weighted by Gasteiger charge is -2.19. The van der Waals surface area contributed by atoms with Crippen LogP contribution in [0.4, 0.5) is 8.78 Å². The molecule has 0 saturated heterocycles. The molecule has 0 radical (unpaired) electrons. The minimum Gasteiger partial charge on any atom is -0.345 e. The van der Waals surface area contributed by atoms with E-state index in [1.54, 1.807) is 24.5 Å². The average Bonchev–Trinajstić information content (AvgIpc) is 2.99. The van der Waals surface area contributed by atoms with Gasteiger partial charge in [-0.2, -0.15) is 0 Å². The third-order valence-electron chi connectivity index (χ3n) is 4.87. The third-order valence-corrected chi connectivity index (χ3v) is 4.87. The monoisotopic (exact) mass is 398 g/mol. The molecule has 0 bridgehead atoms. The van der Waals surface area contributed by atoms with Gasteiger partial charge in [-0.25, -0.2) is 8.78 Å². The highest BCUT2D eigenvalue weighted by Gasteiger charge is 2.19. The highest BCUT2D eigenvalue weighted by Crippen LogP contribution is 2.14. The zero-order chi connectivity index (χ0) is 20.2. The lowest BCUT2D eigenvalue weighted by atomic mass is 10.2. The van der Waals surface area contributed by atoms with Crippen molar-refractivity contribution in [3.05, 3.63) is 77.1 Å². The van der Waals surface area contributed by atoms with Crippen LogP contribution in [0.25, 0.3) is 0 Å². The number of halogens is 2. The summed E-state index contributed by atoms with van der Waals surface area (Å²) in [6.07, 6.45) is 3.80. The van der Waals surface area contributed by atoms with E-state index in [1.165, 1.54) is 12.1 Å². The third kappa shape index (κ3) is 4.62. The van der Waals surface area contributed by atoms with E-state index in [0.717, 1.165) is 11.9 Å². The Hall–Kier alpha value is -3.20. The van der Waals surface area contributed by atoms with Crippen LogP contribution < -0.4 is 5.32 Å². The molecule has 1 aliphatic rings. The molecule has 1 N–H and O–H groups in total. The van der Waals surface area contributed by atoms with Crippen molar-refractivity contribution in [2.24, 2.45) is 0 Å². The van der Waals surface area contributed by atoms with Gasteiger partial charge in [0.1, 0.15) is 17.5 Å². The Morgan fingerprint density at radius 3 is 2.55 bits per heavy atom. The largest absolute Gasteiger partial charge is 0.345 e. The Labute approximate surface area is 166 Å². The predicted molar refractivity (Wildman–Crippen MR) is 101 cm³/mol. The maximum Gasteiger partial charge on any atom is 0.251 e. The molecule has 7 nitrogen and oxygen atoms in total. The first kappa shape index (κ1) is 19.1. The number of hydrogen-bond donors (Lipinski definition) is 1. The molecule has 29 heavy (non-hydrogen) atoms. The highest BCUT2D eigenvalue weighted by atomic mass is 19.1. The molecule has 1 aliphatic heterocycles. The molecule has 0 unspecified atom stereocenters. The fourth-order valence-corrected chi connectivity index (χ4v) is 3.44. The maximum atomic E-state index is 13.4. The van der Waals surface area contributed by atoms with Crippen LogP contribution in [-0.4, -0.2) is 43.6 Å². The quantitative estimate of drug-likeness (QED) is 0.711. The Kier molecular flexibility index (Phi) is 5.57. The summed E-state index contributed by atoms with van der Waals surface area (Å²) in [5, 5.41) is 11.3. The van der Waals surface area contributed by atoms with E-state index in [-0.39, 0.29) is 12.5 Å². The van der Waals surface area contributed by atoms with Crippen molar-refractivity contribution in [1.82, 2.24) is 30.0 Å². The van der Waals surface area contributed by atoms with Gasteiger partial charge in [0, 0.05) is 56.6 Å². The van der Waals surface area contributed by atoms with Crippen molar-refractivity contribution in [1.29, 1.82) is 0 Å². The fourth-order valence-electron chi connectivity index (χ4n) is 3.44. The van der Waals surface area contributed by atoms with Crippen LogP contribution in [0.15, 0.2) is 42.7 Å². The Morgan fingerprint density at radius 1 is 1.03 bits per heavy atom.